The number of fused-ring (bicyclic) bond motifs is 1. The van der Waals surface area contributed by atoms with Crippen molar-refractivity contribution >= 4 is 17.5 Å². The average Bonchev–Trinajstić information content (AvgIpc) is 3.36. The number of aryl methyl sites for hydroxylation is 1. The number of anilines is 1. The van der Waals surface area contributed by atoms with E-state index in [1.54, 1.807) is 16.8 Å². The molecule has 0 atom stereocenters. The first-order valence-corrected chi connectivity index (χ1v) is 9.81. The minimum atomic E-state index is -0.479. The Hall–Kier alpha value is -3.88. The fourth-order valence-electron chi connectivity index (χ4n) is 3.28. The van der Waals surface area contributed by atoms with Crippen molar-refractivity contribution in [3.05, 3.63) is 74.5 Å². The molecule has 0 unspecified atom stereocenters. The topological polar surface area (TPSA) is 123 Å². The fraction of sp³-hybridized carbons (Fsp3) is 0.238. The van der Waals surface area contributed by atoms with Gasteiger partial charge in [-0.1, -0.05) is 24.3 Å². The van der Waals surface area contributed by atoms with Crippen LogP contribution >= 0.6 is 0 Å². The molecule has 3 aromatic heterocycles. The van der Waals surface area contributed by atoms with Crippen molar-refractivity contribution in [2.45, 2.75) is 32.4 Å². The van der Waals surface area contributed by atoms with Crippen LogP contribution in [0.5, 0.6) is 5.88 Å². The third kappa shape index (κ3) is 3.57. The molecule has 9 heteroatoms. The van der Waals surface area contributed by atoms with Crippen molar-refractivity contribution in [2.24, 2.45) is 4.99 Å². The standard InChI is InChI=1S/C21H21N7O2/c1-12-4-2-3-5-13(12)10-22-17-9-18(24-15-6-7-15)28-19(26-17)14(11-23-28)8-16-20(29)27-21(30)25-16/h2-5,8-9,11,15,22,29H,6-7,10H2,1H3,(H2,25,27,30). The zero-order chi connectivity index (χ0) is 20.7. The van der Waals surface area contributed by atoms with Gasteiger partial charge in [-0.3, -0.25) is 9.98 Å². The number of nitrogens with one attached hydrogen (secondary N) is 3. The minimum Gasteiger partial charge on any atom is -0.493 e. The van der Waals surface area contributed by atoms with Crippen molar-refractivity contribution in [3.63, 3.8) is 0 Å². The van der Waals surface area contributed by atoms with Crippen LogP contribution in [0, 0.1) is 6.92 Å². The molecule has 30 heavy (non-hydrogen) atoms. The number of hydrogen-bond donors (Lipinski definition) is 4. The van der Waals surface area contributed by atoms with Gasteiger partial charge >= 0.3 is 5.69 Å². The second kappa shape index (κ2) is 7.18. The molecule has 152 valence electrons. The highest BCUT2D eigenvalue weighted by Crippen LogP contribution is 2.22. The molecule has 0 amide bonds. The van der Waals surface area contributed by atoms with Gasteiger partial charge in [0.25, 0.3) is 0 Å². The molecule has 1 fully saturated rings. The molecule has 1 aliphatic carbocycles. The average molecular weight is 403 g/mol. The lowest BCUT2D eigenvalue weighted by molar-refractivity contribution is 0.454. The van der Waals surface area contributed by atoms with E-state index in [1.807, 2.05) is 18.2 Å². The van der Waals surface area contributed by atoms with Crippen molar-refractivity contribution < 1.29 is 5.11 Å². The Kier molecular flexibility index (Phi) is 4.35. The molecule has 0 bridgehead atoms. The summed E-state index contributed by atoms with van der Waals surface area (Å²) in [5.74, 6) is 0.461. The quantitative estimate of drug-likeness (QED) is 0.396. The van der Waals surface area contributed by atoms with Gasteiger partial charge in [0.05, 0.1) is 12.2 Å². The van der Waals surface area contributed by atoms with E-state index in [9.17, 15) is 9.90 Å². The molecule has 5 rings (SSSR count). The molecule has 1 saturated carbocycles. The zero-order valence-corrected chi connectivity index (χ0v) is 16.4. The second-order valence-electron chi connectivity index (χ2n) is 7.46. The van der Waals surface area contributed by atoms with Gasteiger partial charge in [-0.05, 0) is 37.0 Å². The molecule has 0 aliphatic heterocycles. The number of rotatable bonds is 5. The van der Waals surface area contributed by atoms with Crippen LogP contribution in [0.15, 0.2) is 46.3 Å². The van der Waals surface area contributed by atoms with Crippen LogP contribution in [-0.2, 0) is 6.54 Å². The summed E-state index contributed by atoms with van der Waals surface area (Å²) in [4.78, 5) is 25.8. The summed E-state index contributed by atoms with van der Waals surface area (Å²) in [6, 6.07) is 10.4. The summed E-state index contributed by atoms with van der Waals surface area (Å²) in [6.45, 7) is 2.72. The van der Waals surface area contributed by atoms with Gasteiger partial charge in [-0.2, -0.15) is 9.61 Å². The van der Waals surface area contributed by atoms with Crippen LogP contribution in [0.4, 0.5) is 5.82 Å². The molecule has 0 spiro atoms. The summed E-state index contributed by atoms with van der Waals surface area (Å²) in [5, 5.41) is 18.3. The van der Waals surface area contributed by atoms with Crippen LogP contribution in [0.3, 0.4) is 0 Å². The molecular formula is C21H21N7O2. The first-order valence-electron chi connectivity index (χ1n) is 9.81. The molecule has 0 saturated heterocycles. The number of nitrogens with zero attached hydrogens (tertiary/aromatic N) is 4. The van der Waals surface area contributed by atoms with E-state index < -0.39 is 5.69 Å². The highest BCUT2D eigenvalue weighted by Gasteiger charge is 2.20. The fourth-order valence-corrected chi connectivity index (χ4v) is 3.28. The lowest BCUT2D eigenvalue weighted by atomic mass is 10.1. The maximum Gasteiger partial charge on any atom is 0.326 e. The monoisotopic (exact) mass is 403 g/mol. The second-order valence-corrected chi connectivity index (χ2v) is 7.46. The molecule has 1 aliphatic rings. The zero-order valence-electron chi connectivity index (χ0n) is 16.4. The smallest absolute Gasteiger partial charge is 0.326 e. The van der Waals surface area contributed by atoms with Gasteiger partial charge in [0.2, 0.25) is 5.88 Å². The predicted octanol–water partition coefficient (Wildman–Crippen LogP) is 0.983. The minimum absolute atomic E-state index is 0.226. The number of aromatic hydroxyl groups is 1. The Labute approximate surface area is 170 Å². The number of aromatic nitrogens is 5. The van der Waals surface area contributed by atoms with Gasteiger partial charge in [0.15, 0.2) is 11.1 Å². The van der Waals surface area contributed by atoms with E-state index in [4.69, 9.17) is 9.98 Å². The third-order valence-corrected chi connectivity index (χ3v) is 5.10. The number of benzene rings is 1. The lowest BCUT2D eigenvalue weighted by Gasteiger charge is -2.08. The Morgan fingerprint density at radius 1 is 1.33 bits per heavy atom. The first kappa shape index (κ1) is 18.2. The van der Waals surface area contributed by atoms with E-state index >= 15 is 0 Å². The summed E-state index contributed by atoms with van der Waals surface area (Å²) in [6.07, 6.45) is 5.43. The van der Waals surface area contributed by atoms with E-state index in [0.29, 0.717) is 29.3 Å². The van der Waals surface area contributed by atoms with E-state index in [0.717, 1.165) is 18.3 Å². The normalized spacial score (nSPS) is 15.2. The van der Waals surface area contributed by atoms with Crippen LogP contribution in [0.25, 0.3) is 11.7 Å². The highest BCUT2D eigenvalue weighted by molar-refractivity contribution is 5.58. The molecule has 9 nitrogen and oxygen atoms in total. The maximum absolute atomic E-state index is 11.4. The first-order chi connectivity index (χ1) is 14.6. The Morgan fingerprint density at radius 3 is 2.90 bits per heavy atom. The maximum atomic E-state index is 11.4. The Balaban J connectivity index is 1.60. The van der Waals surface area contributed by atoms with Crippen LogP contribution in [-0.4, -0.2) is 35.7 Å². The van der Waals surface area contributed by atoms with Crippen LogP contribution in [0.1, 0.15) is 29.7 Å². The van der Waals surface area contributed by atoms with Crippen molar-refractivity contribution in [1.82, 2.24) is 24.6 Å². The lowest BCUT2D eigenvalue weighted by Crippen LogP contribution is -2.20. The summed E-state index contributed by atoms with van der Waals surface area (Å²) in [7, 11) is 0. The Morgan fingerprint density at radius 2 is 2.17 bits per heavy atom. The van der Waals surface area contributed by atoms with E-state index in [2.05, 4.69) is 39.4 Å². The van der Waals surface area contributed by atoms with E-state index in [-0.39, 0.29) is 11.6 Å². The van der Waals surface area contributed by atoms with Crippen molar-refractivity contribution in [2.75, 3.05) is 5.32 Å². The van der Waals surface area contributed by atoms with Gasteiger partial charge in [-0.15, -0.1) is 0 Å². The van der Waals surface area contributed by atoms with Crippen LogP contribution in [0.2, 0.25) is 0 Å². The molecule has 0 radical (unpaired) electrons. The molecule has 4 aromatic rings. The predicted molar refractivity (Wildman–Crippen MR) is 112 cm³/mol. The van der Waals surface area contributed by atoms with E-state index in [1.165, 1.54) is 11.1 Å². The number of aromatic amines is 2. The number of hydrogen-bond acceptors (Lipinski definition) is 6. The Bertz CT molecular complexity index is 1410. The SMILES string of the molecule is Cc1ccccc1CNc1cc(=NC2CC2)n2ncc(=Cc3[nH]c(=O)[nH]c3O)c2n1. The van der Waals surface area contributed by atoms with Crippen LogP contribution < -0.4 is 21.7 Å². The molecule has 1 aromatic carbocycles. The largest absolute Gasteiger partial charge is 0.493 e. The van der Waals surface area contributed by atoms with Crippen molar-refractivity contribution in [1.29, 1.82) is 0 Å². The summed E-state index contributed by atoms with van der Waals surface area (Å²) < 4.78 is 1.69. The summed E-state index contributed by atoms with van der Waals surface area (Å²) in [5.41, 5.74) is 3.50. The van der Waals surface area contributed by atoms with Gasteiger partial charge in [-0.25, -0.2) is 9.78 Å². The van der Waals surface area contributed by atoms with Gasteiger partial charge in [0.1, 0.15) is 11.5 Å². The summed E-state index contributed by atoms with van der Waals surface area (Å²) >= 11 is 0. The van der Waals surface area contributed by atoms with Crippen molar-refractivity contribution in [3.8, 4) is 5.88 Å². The molecular weight excluding hydrogens is 382 g/mol. The number of imidazole rings is 1. The van der Waals surface area contributed by atoms with Gasteiger partial charge in [0, 0.05) is 17.8 Å². The number of H-pyrrole nitrogens is 2. The molecule has 4 N–H and O–H groups in total. The van der Waals surface area contributed by atoms with Gasteiger partial charge < -0.3 is 15.4 Å². The molecule has 3 heterocycles. The third-order valence-electron chi connectivity index (χ3n) is 5.10. The highest BCUT2D eigenvalue weighted by atomic mass is 16.3.